The van der Waals surface area contributed by atoms with Crippen molar-refractivity contribution >= 4 is 23.2 Å². The summed E-state index contributed by atoms with van der Waals surface area (Å²) >= 11 is 0. The van der Waals surface area contributed by atoms with E-state index in [1.807, 2.05) is 32.0 Å². The van der Waals surface area contributed by atoms with E-state index in [2.05, 4.69) is 36.6 Å². The van der Waals surface area contributed by atoms with Crippen molar-refractivity contribution in [2.24, 2.45) is 21.3 Å². The van der Waals surface area contributed by atoms with Gasteiger partial charge in [0.2, 0.25) is 5.78 Å². The van der Waals surface area contributed by atoms with Gasteiger partial charge >= 0.3 is 6.03 Å². The minimum absolute atomic E-state index is 0.00579. The molecule has 1 aromatic carbocycles. The van der Waals surface area contributed by atoms with Crippen LogP contribution >= 0.6 is 0 Å². The van der Waals surface area contributed by atoms with Gasteiger partial charge in [0.1, 0.15) is 5.71 Å². The lowest BCUT2D eigenvalue weighted by Gasteiger charge is -2.57. The minimum Gasteiger partial charge on any atom is -0.385 e. The standard InChI is InChI=1S/C25H33N3O3/c1-22(2)13-24(5)12-16-11-23(3,4)20(19(29)18(16)25(31,14-22)15-24)27-28-21(30)26-17-9-7-6-8-10-17/h6-10,31H,11-15H2,1-5H3,(H2,26,28,30)/t24-,25+/m1/s1. The second-order valence-corrected chi connectivity index (χ2v) is 11.5. The average Bonchev–Trinajstić information content (AvgIpc) is 2.57. The molecule has 1 fully saturated rings. The number of allylic oxidation sites excluding steroid dienone is 1. The van der Waals surface area contributed by atoms with Gasteiger partial charge in [0.25, 0.3) is 0 Å². The van der Waals surface area contributed by atoms with Crippen LogP contribution in [-0.4, -0.2) is 28.2 Å². The summed E-state index contributed by atoms with van der Waals surface area (Å²) in [4.78, 5) is 26.0. The topological polar surface area (TPSA) is 90.8 Å². The van der Waals surface area contributed by atoms with Gasteiger partial charge in [0, 0.05) is 16.7 Å². The lowest BCUT2D eigenvalue weighted by molar-refractivity contribution is -0.119. The van der Waals surface area contributed by atoms with E-state index in [0.29, 0.717) is 36.2 Å². The number of nitrogens with zero attached hydrogens (tertiary/aromatic N) is 1. The maximum atomic E-state index is 13.6. The lowest BCUT2D eigenvalue weighted by atomic mass is 9.49. The summed E-state index contributed by atoms with van der Waals surface area (Å²) in [6.07, 6.45) is 3.70. The monoisotopic (exact) mass is 423 g/mol. The first-order valence-corrected chi connectivity index (χ1v) is 11.0. The van der Waals surface area contributed by atoms with Crippen LogP contribution < -0.4 is 10.7 Å². The molecular weight excluding hydrogens is 390 g/mol. The molecule has 0 unspecified atom stereocenters. The van der Waals surface area contributed by atoms with Crippen LogP contribution in [0.15, 0.2) is 46.6 Å². The van der Waals surface area contributed by atoms with Crippen molar-refractivity contribution in [3.8, 4) is 0 Å². The number of Topliss-reactive ketones (excluding diaryl/α,β-unsaturated/α-hetero) is 1. The Morgan fingerprint density at radius 2 is 1.68 bits per heavy atom. The fourth-order valence-corrected chi connectivity index (χ4v) is 6.63. The number of hydrazone groups is 1. The number of para-hydroxylation sites is 1. The van der Waals surface area contributed by atoms with Gasteiger partial charge in [0.15, 0.2) is 0 Å². The summed E-state index contributed by atoms with van der Waals surface area (Å²) in [5.74, 6) is -0.228. The van der Waals surface area contributed by atoms with E-state index in [9.17, 15) is 14.7 Å². The average molecular weight is 424 g/mol. The third-order valence-electron chi connectivity index (χ3n) is 6.89. The van der Waals surface area contributed by atoms with Gasteiger partial charge in [0.05, 0.1) is 5.60 Å². The van der Waals surface area contributed by atoms with Gasteiger partial charge in [-0.3, -0.25) is 4.79 Å². The summed E-state index contributed by atoms with van der Waals surface area (Å²) < 4.78 is 0. The van der Waals surface area contributed by atoms with Crippen molar-refractivity contribution in [1.82, 2.24) is 5.43 Å². The summed E-state index contributed by atoms with van der Waals surface area (Å²) in [5, 5.41) is 18.7. The molecule has 3 aliphatic rings. The Labute approximate surface area is 184 Å². The molecule has 2 bridgehead atoms. The highest BCUT2D eigenvalue weighted by Crippen LogP contribution is 2.61. The zero-order chi connectivity index (χ0) is 22.7. The van der Waals surface area contributed by atoms with Gasteiger partial charge in [-0.1, -0.05) is 58.4 Å². The van der Waals surface area contributed by atoms with Crippen molar-refractivity contribution in [1.29, 1.82) is 0 Å². The predicted molar refractivity (Wildman–Crippen MR) is 122 cm³/mol. The number of carbonyl (C=O) groups excluding carboxylic acids is 2. The number of fused-ring (bicyclic) bond motifs is 3. The number of anilines is 1. The van der Waals surface area contributed by atoms with Gasteiger partial charge < -0.3 is 10.4 Å². The van der Waals surface area contributed by atoms with Crippen LogP contribution in [0.2, 0.25) is 0 Å². The summed E-state index contributed by atoms with van der Waals surface area (Å²) in [6.45, 7) is 10.5. The van der Waals surface area contributed by atoms with Crippen molar-refractivity contribution in [3.63, 3.8) is 0 Å². The molecule has 3 N–H and O–H groups in total. The molecule has 1 saturated carbocycles. The van der Waals surface area contributed by atoms with Crippen molar-refractivity contribution in [3.05, 3.63) is 41.5 Å². The molecule has 166 valence electrons. The highest BCUT2D eigenvalue weighted by Gasteiger charge is 2.58. The van der Waals surface area contributed by atoms with Gasteiger partial charge in [-0.25, -0.2) is 10.2 Å². The number of rotatable bonds is 2. The summed E-state index contributed by atoms with van der Waals surface area (Å²) in [7, 11) is 0. The van der Waals surface area contributed by atoms with Crippen molar-refractivity contribution in [2.45, 2.75) is 72.3 Å². The smallest absolute Gasteiger partial charge is 0.339 e. The Morgan fingerprint density at radius 1 is 1.00 bits per heavy atom. The molecule has 1 aromatic rings. The molecule has 2 atom stereocenters. The molecule has 0 aliphatic heterocycles. The molecule has 0 aromatic heterocycles. The first-order valence-electron chi connectivity index (χ1n) is 11.0. The van der Waals surface area contributed by atoms with Crippen LogP contribution in [0, 0.1) is 16.2 Å². The number of benzene rings is 1. The second kappa shape index (κ2) is 7.02. The normalized spacial score (nSPS) is 32.5. The molecule has 31 heavy (non-hydrogen) atoms. The highest BCUT2D eigenvalue weighted by molar-refractivity contribution is 6.48. The predicted octanol–water partition coefficient (Wildman–Crippen LogP) is 4.81. The molecule has 0 saturated heterocycles. The number of carbonyl (C=O) groups is 2. The quantitative estimate of drug-likeness (QED) is 0.596. The Morgan fingerprint density at radius 3 is 2.35 bits per heavy atom. The third kappa shape index (κ3) is 4.05. The molecule has 0 heterocycles. The van der Waals surface area contributed by atoms with Crippen LogP contribution in [-0.2, 0) is 4.79 Å². The van der Waals surface area contributed by atoms with Crippen molar-refractivity contribution < 1.29 is 14.7 Å². The molecule has 0 spiro atoms. The summed E-state index contributed by atoms with van der Waals surface area (Å²) in [5.41, 5.74) is 3.32. The fourth-order valence-electron chi connectivity index (χ4n) is 6.63. The van der Waals surface area contributed by atoms with Gasteiger partial charge in [-0.15, -0.1) is 0 Å². The number of nitrogens with one attached hydrogen (secondary N) is 2. The fraction of sp³-hybridized carbons (Fsp3) is 0.560. The molecule has 3 aliphatic carbocycles. The maximum absolute atomic E-state index is 13.6. The van der Waals surface area contributed by atoms with E-state index in [1.54, 1.807) is 12.1 Å². The van der Waals surface area contributed by atoms with E-state index >= 15 is 0 Å². The van der Waals surface area contributed by atoms with Crippen LogP contribution in [0.5, 0.6) is 0 Å². The van der Waals surface area contributed by atoms with E-state index in [0.717, 1.165) is 18.4 Å². The lowest BCUT2D eigenvalue weighted by Crippen LogP contribution is -2.56. The number of urea groups is 1. The molecule has 6 nitrogen and oxygen atoms in total. The zero-order valence-electron chi connectivity index (χ0n) is 19.1. The Balaban J connectivity index is 1.63. The molecule has 4 rings (SSSR count). The van der Waals surface area contributed by atoms with Gasteiger partial charge in [-0.05, 0) is 55.1 Å². The number of hydrogen-bond acceptors (Lipinski definition) is 4. The minimum atomic E-state index is -1.13. The maximum Gasteiger partial charge on any atom is 0.339 e. The SMILES string of the molecule is CC1(C)C[C@@]2(C)CC3=C(C(=O)C(=NNC(=O)Nc4ccccc4)C(C)(C)C3)[C@](O)(C1)C2. The molecule has 0 radical (unpaired) electrons. The molecular formula is C25H33N3O3. The van der Waals surface area contributed by atoms with Crippen LogP contribution in [0.1, 0.15) is 66.7 Å². The van der Waals surface area contributed by atoms with E-state index in [-0.39, 0.29) is 16.6 Å². The van der Waals surface area contributed by atoms with Crippen LogP contribution in [0.4, 0.5) is 10.5 Å². The Bertz CT molecular complexity index is 993. The Kier molecular flexibility index (Phi) is 4.93. The second-order valence-electron chi connectivity index (χ2n) is 11.5. The zero-order valence-corrected chi connectivity index (χ0v) is 19.1. The number of hydrogen-bond donors (Lipinski definition) is 3. The van der Waals surface area contributed by atoms with E-state index in [4.69, 9.17) is 0 Å². The largest absolute Gasteiger partial charge is 0.385 e. The van der Waals surface area contributed by atoms with Crippen molar-refractivity contribution in [2.75, 3.05) is 5.32 Å². The molecule has 2 amide bonds. The highest BCUT2D eigenvalue weighted by atomic mass is 16.3. The number of aliphatic hydroxyl groups is 1. The first kappa shape index (κ1) is 21.8. The Hall–Kier alpha value is -2.47. The van der Waals surface area contributed by atoms with Crippen LogP contribution in [0.25, 0.3) is 0 Å². The van der Waals surface area contributed by atoms with Gasteiger partial charge in [-0.2, -0.15) is 5.10 Å². The number of ketones is 1. The third-order valence-corrected chi connectivity index (χ3v) is 6.89. The number of amides is 2. The van der Waals surface area contributed by atoms with E-state index in [1.165, 1.54) is 0 Å². The van der Waals surface area contributed by atoms with E-state index < -0.39 is 17.0 Å². The van der Waals surface area contributed by atoms with Crippen LogP contribution in [0.3, 0.4) is 0 Å². The summed E-state index contributed by atoms with van der Waals surface area (Å²) in [6, 6.07) is 8.57. The molecule has 6 heteroatoms. The first-order chi connectivity index (χ1) is 14.3.